The number of aromatic nitrogens is 2. The zero-order valence-corrected chi connectivity index (χ0v) is 33.6. The van der Waals surface area contributed by atoms with E-state index in [0.717, 1.165) is 28.1 Å². The van der Waals surface area contributed by atoms with E-state index >= 15 is 0 Å². The Kier molecular flexibility index (Phi) is 12.2. The topological polar surface area (TPSA) is 25.8 Å². The van der Waals surface area contributed by atoms with E-state index in [1.165, 1.54) is 44.5 Å². The molecular weight excluding hydrogens is 809 g/mol. The van der Waals surface area contributed by atoms with Gasteiger partial charge < -0.3 is 9.97 Å². The van der Waals surface area contributed by atoms with Crippen LogP contribution in [0.25, 0.3) is 55.9 Å². The van der Waals surface area contributed by atoms with Gasteiger partial charge in [0.15, 0.2) is 0 Å². The van der Waals surface area contributed by atoms with Crippen molar-refractivity contribution in [3.05, 3.63) is 181 Å². The Morgan fingerprint density at radius 3 is 1.25 bits per heavy atom. The quantitative estimate of drug-likeness (QED) is 0.161. The van der Waals surface area contributed by atoms with Crippen molar-refractivity contribution in [1.82, 2.24) is 9.97 Å². The van der Waals surface area contributed by atoms with Crippen molar-refractivity contribution < 1.29 is 20.1 Å². The molecule has 7 aromatic rings. The van der Waals surface area contributed by atoms with Gasteiger partial charge in [0.25, 0.3) is 0 Å². The van der Waals surface area contributed by atoms with E-state index in [1.807, 2.05) is 60.8 Å². The largest absolute Gasteiger partial charge is 0.305 e. The Hall–Kier alpha value is -4.95. The van der Waals surface area contributed by atoms with Crippen molar-refractivity contribution in [1.29, 1.82) is 0 Å². The van der Waals surface area contributed by atoms with Gasteiger partial charge in [0.05, 0.1) is 0 Å². The molecule has 0 saturated heterocycles. The van der Waals surface area contributed by atoms with Crippen LogP contribution >= 0.6 is 0 Å². The molecule has 0 aliphatic rings. The molecule has 0 saturated carbocycles. The van der Waals surface area contributed by atoms with Crippen LogP contribution in [0, 0.1) is 19.1 Å². The molecule has 0 N–H and O–H groups in total. The maximum atomic E-state index is 4.54. The fraction of sp³-hybridized carbons (Fsp3) is 0.184. The third-order valence-electron chi connectivity index (χ3n) is 9.08. The molecule has 2 nitrogen and oxygen atoms in total. The molecule has 52 heavy (non-hydrogen) atoms. The average molecular weight is 855 g/mol. The van der Waals surface area contributed by atoms with Crippen molar-refractivity contribution in [2.75, 3.05) is 0 Å². The predicted molar refractivity (Wildman–Crippen MR) is 215 cm³/mol. The summed E-state index contributed by atoms with van der Waals surface area (Å²) in [6.07, 6.45) is 3.63. The van der Waals surface area contributed by atoms with Gasteiger partial charge in [-0.2, -0.15) is 0 Å². The van der Waals surface area contributed by atoms with E-state index < -0.39 is 0 Å². The first-order valence-electron chi connectivity index (χ1n) is 17.6. The number of rotatable bonds is 5. The fourth-order valence-electron chi connectivity index (χ4n) is 6.02. The van der Waals surface area contributed by atoms with E-state index in [2.05, 4.69) is 155 Å². The average Bonchev–Trinajstić information content (AvgIpc) is 3.15. The van der Waals surface area contributed by atoms with Crippen LogP contribution in [-0.2, 0) is 30.9 Å². The molecule has 2 heterocycles. The molecule has 5 aromatic carbocycles. The molecule has 0 amide bonds. The van der Waals surface area contributed by atoms with Crippen molar-refractivity contribution in [2.24, 2.45) is 0 Å². The number of aryl methyl sites for hydroxylation is 1. The summed E-state index contributed by atoms with van der Waals surface area (Å²) >= 11 is 0. The summed E-state index contributed by atoms with van der Waals surface area (Å²) in [4.78, 5) is 8.80. The SMILES string of the molecule is CC(C)(C)c1ccc(-c2cc(-c3ccc(C(C)(C)C)cc3)cc(-c3cc[c-]c(-c4ccccn4)c3)c2)cc1.Cc1cc[c-]c(-c2ccccn2)c1.[Ir]. The van der Waals surface area contributed by atoms with Crippen LogP contribution in [0.15, 0.2) is 152 Å². The van der Waals surface area contributed by atoms with Gasteiger partial charge >= 0.3 is 0 Å². The minimum Gasteiger partial charge on any atom is -0.305 e. The first-order chi connectivity index (χ1) is 24.4. The second kappa shape index (κ2) is 16.6. The maximum absolute atomic E-state index is 4.54. The molecule has 7 rings (SSSR count). The van der Waals surface area contributed by atoms with Crippen LogP contribution in [-0.4, -0.2) is 9.97 Å². The summed E-state index contributed by atoms with van der Waals surface area (Å²) in [6, 6.07) is 55.8. The third-order valence-corrected chi connectivity index (χ3v) is 9.08. The van der Waals surface area contributed by atoms with Crippen molar-refractivity contribution >= 4 is 0 Å². The molecule has 0 fully saturated rings. The smallest absolute Gasteiger partial charge is 0.0160 e. The minimum atomic E-state index is 0. The normalized spacial score (nSPS) is 11.2. The van der Waals surface area contributed by atoms with Gasteiger partial charge in [-0.3, -0.25) is 0 Å². The van der Waals surface area contributed by atoms with E-state index in [4.69, 9.17) is 0 Å². The van der Waals surface area contributed by atoms with Crippen LogP contribution in [0.4, 0.5) is 0 Å². The van der Waals surface area contributed by atoms with Crippen LogP contribution < -0.4 is 0 Å². The summed E-state index contributed by atoms with van der Waals surface area (Å²) < 4.78 is 0. The Balaban J connectivity index is 0.000000314. The molecular formula is C49H46IrN2-2. The van der Waals surface area contributed by atoms with Gasteiger partial charge in [-0.05, 0) is 91.5 Å². The summed E-state index contributed by atoms with van der Waals surface area (Å²) in [5.74, 6) is 0. The first-order valence-corrected chi connectivity index (χ1v) is 17.6. The van der Waals surface area contributed by atoms with E-state index in [9.17, 15) is 0 Å². The van der Waals surface area contributed by atoms with Gasteiger partial charge in [-0.25, -0.2) is 0 Å². The maximum Gasteiger partial charge on any atom is 0.0160 e. The molecule has 0 aliphatic heterocycles. The molecule has 1 radical (unpaired) electrons. The van der Waals surface area contributed by atoms with Crippen molar-refractivity contribution in [3.63, 3.8) is 0 Å². The Morgan fingerprint density at radius 1 is 0.423 bits per heavy atom. The first kappa shape index (κ1) is 38.3. The number of nitrogens with zero attached hydrogens (tertiary/aromatic N) is 2. The summed E-state index contributed by atoms with van der Waals surface area (Å²) in [6.45, 7) is 15.6. The van der Waals surface area contributed by atoms with Crippen LogP contribution in [0.2, 0.25) is 0 Å². The Labute approximate surface area is 324 Å². The third kappa shape index (κ3) is 9.68. The summed E-state index contributed by atoms with van der Waals surface area (Å²) in [5.41, 5.74) is 15.4. The molecule has 0 atom stereocenters. The van der Waals surface area contributed by atoms with E-state index in [1.54, 1.807) is 6.20 Å². The van der Waals surface area contributed by atoms with Crippen LogP contribution in [0.3, 0.4) is 0 Å². The van der Waals surface area contributed by atoms with Crippen molar-refractivity contribution in [3.8, 4) is 55.9 Å². The number of hydrogen-bond donors (Lipinski definition) is 0. The Bertz CT molecular complexity index is 2120. The minimum absolute atomic E-state index is 0. The summed E-state index contributed by atoms with van der Waals surface area (Å²) in [7, 11) is 0. The molecule has 3 heteroatoms. The van der Waals surface area contributed by atoms with Gasteiger partial charge in [-0.1, -0.05) is 121 Å². The van der Waals surface area contributed by atoms with Crippen LogP contribution in [0.5, 0.6) is 0 Å². The standard InChI is InChI=1S/C37H36N.C12H10N.Ir/c1-36(2,3)33-17-13-26(14-18-33)30-23-31(27-15-19-34(20-16-27)37(4,5)6)25-32(24-30)28-10-9-11-29(22-28)35-12-7-8-21-38-35;1-10-5-4-6-11(9-10)12-7-2-3-8-13-12;/h7-10,12-25H,1-6H3;2-5,7-9H,1H3;/q2*-1;. The number of benzene rings is 5. The molecule has 0 aliphatic carbocycles. The zero-order chi connectivity index (χ0) is 36.0. The zero-order valence-electron chi connectivity index (χ0n) is 31.2. The van der Waals surface area contributed by atoms with Crippen LogP contribution in [0.1, 0.15) is 58.2 Å². The van der Waals surface area contributed by atoms with Gasteiger partial charge in [0, 0.05) is 32.5 Å². The molecule has 0 bridgehead atoms. The molecule has 263 valence electrons. The monoisotopic (exact) mass is 855 g/mol. The summed E-state index contributed by atoms with van der Waals surface area (Å²) in [5, 5.41) is 0. The van der Waals surface area contributed by atoms with Gasteiger partial charge in [0.2, 0.25) is 0 Å². The molecule has 0 unspecified atom stereocenters. The molecule has 0 spiro atoms. The number of hydrogen-bond acceptors (Lipinski definition) is 2. The van der Waals surface area contributed by atoms with E-state index in [-0.39, 0.29) is 30.9 Å². The predicted octanol–water partition coefficient (Wildman–Crippen LogP) is 13.0. The Morgan fingerprint density at radius 2 is 0.846 bits per heavy atom. The second-order valence-corrected chi connectivity index (χ2v) is 15.2. The van der Waals surface area contributed by atoms with Gasteiger partial charge in [0.1, 0.15) is 0 Å². The van der Waals surface area contributed by atoms with Crippen molar-refractivity contribution in [2.45, 2.75) is 59.3 Å². The number of pyridine rings is 2. The second-order valence-electron chi connectivity index (χ2n) is 15.2. The fourth-order valence-corrected chi connectivity index (χ4v) is 6.02. The van der Waals surface area contributed by atoms with Gasteiger partial charge in [-0.15, -0.1) is 70.8 Å². The molecule has 2 aromatic heterocycles. The van der Waals surface area contributed by atoms with E-state index in [0.29, 0.717) is 0 Å².